The van der Waals surface area contributed by atoms with Crippen molar-refractivity contribution < 1.29 is 4.79 Å². The zero-order valence-electron chi connectivity index (χ0n) is 10.4. The molecule has 0 bridgehead atoms. The molecule has 0 aliphatic carbocycles. The number of rotatable bonds is 6. The predicted molar refractivity (Wildman–Crippen MR) is 67.3 cm³/mol. The lowest BCUT2D eigenvalue weighted by Gasteiger charge is -2.28. The molecule has 5 nitrogen and oxygen atoms in total. The molecule has 1 aromatic rings. The normalized spacial score (nSPS) is 12.5. The number of aromatic nitrogens is 1. The third-order valence-electron chi connectivity index (χ3n) is 2.72. The summed E-state index contributed by atoms with van der Waals surface area (Å²) in [7, 11) is 1.63. The third kappa shape index (κ3) is 3.80. The van der Waals surface area contributed by atoms with Crippen molar-refractivity contribution in [3.8, 4) is 0 Å². The van der Waals surface area contributed by atoms with Crippen molar-refractivity contribution in [3.63, 3.8) is 0 Å². The molecule has 0 saturated carbocycles. The second-order valence-electron chi connectivity index (χ2n) is 3.74. The van der Waals surface area contributed by atoms with Crippen LogP contribution in [0.25, 0.3) is 0 Å². The SMILES string of the molecule is CCN(CC(=O)NC)C(CN)c1ccccn1. The Labute approximate surface area is 102 Å². The zero-order chi connectivity index (χ0) is 12.7. The minimum Gasteiger partial charge on any atom is -0.358 e. The Hall–Kier alpha value is -1.46. The van der Waals surface area contributed by atoms with Gasteiger partial charge in [0, 0.05) is 19.8 Å². The van der Waals surface area contributed by atoms with Gasteiger partial charge >= 0.3 is 0 Å². The van der Waals surface area contributed by atoms with Crippen LogP contribution in [0.3, 0.4) is 0 Å². The van der Waals surface area contributed by atoms with Crippen LogP contribution in [-0.4, -0.2) is 42.5 Å². The summed E-state index contributed by atoms with van der Waals surface area (Å²) in [5.41, 5.74) is 6.69. The van der Waals surface area contributed by atoms with Gasteiger partial charge in [-0.05, 0) is 18.7 Å². The van der Waals surface area contributed by atoms with E-state index >= 15 is 0 Å². The Kier molecular flexibility index (Phi) is 5.59. The Balaban J connectivity index is 2.80. The highest BCUT2D eigenvalue weighted by Gasteiger charge is 2.20. The van der Waals surface area contributed by atoms with Crippen LogP contribution in [-0.2, 0) is 4.79 Å². The molecule has 94 valence electrons. The third-order valence-corrected chi connectivity index (χ3v) is 2.72. The van der Waals surface area contributed by atoms with Gasteiger partial charge < -0.3 is 11.1 Å². The smallest absolute Gasteiger partial charge is 0.233 e. The van der Waals surface area contributed by atoms with E-state index in [-0.39, 0.29) is 11.9 Å². The molecule has 5 heteroatoms. The molecule has 0 spiro atoms. The van der Waals surface area contributed by atoms with Gasteiger partial charge in [0.2, 0.25) is 5.91 Å². The number of hydrogen-bond donors (Lipinski definition) is 2. The van der Waals surface area contributed by atoms with Gasteiger partial charge in [-0.25, -0.2) is 0 Å². The molecule has 0 saturated heterocycles. The number of nitrogens with two attached hydrogens (primary N) is 1. The average molecular weight is 236 g/mol. The van der Waals surface area contributed by atoms with Crippen molar-refractivity contribution in [2.75, 3.05) is 26.7 Å². The molecular formula is C12H20N4O. The molecule has 0 aliphatic rings. The molecule has 1 heterocycles. The van der Waals surface area contributed by atoms with Gasteiger partial charge in [-0.1, -0.05) is 13.0 Å². The van der Waals surface area contributed by atoms with E-state index in [9.17, 15) is 4.79 Å². The minimum atomic E-state index is -0.0153. The fourth-order valence-electron chi connectivity index (χ4n) is 1.74. The van der Waals surface area contributed by atoms with Crippen LogP contribution in [0.1, 0.15) is 18.7 Å². The van der Waals surface area contributed by atoms with E-state index in [0.717, 1.165) is 12.2 Å². The first-order valence-corrected chi connectivity index (χ1v) is 5.78. The number of carbonyl (C=O) groups is 1. The molecule has 3 N–H and O–H groups in total. The number of carbonyl (C=O) groups excluding carboxylic acids is 1. The van der Waals surface area contributed by atoms with E-state index in [1.807, 2.05) is 30.0 Å². The van der Waals surface area contributed by atoms with E-state index in [0.29, 0.717) is 13.1 Å². The summed E-state index contributed by atoms with van der Waals surface area (Å²) in [6.07, 6.45) is 1.74. The standard InChI is InChI=1S/C12H20N4O/c1-3-16(9-12(17)14-2)11(8-13)10-6-4-5-7-15-10/h4-7,11H,3,8-9,13H2,1-2H3,(H,14,17). The molecular weight excluding hydrogens is 216 g/mol. The monoisotopic (exact) mass is 236 g/mol. The Bertz CT molecular complexity index is 342. The molecule has 1 rings (SSSR count). The summed E-state index contributed by atoms with van der Waals surface area (Å²) in [5.74, 6) is -0.0127. The summed E-state index contributed by atoms with van der Waals surface area (Å²) in [4.78, 5) is 17.7. The van der Waals surface area contributed by atoms with Crippen molar-refractivity contribution in [2.24, 2.45) is 5.73 Å². The average Bonchev–Trinajstić information content (AvgIpc) is 2.39. The van der Waals surface area contributed by atoms with Crippen LogP contribution < -0.4 is 11.1 Å². The molecule has 0 radical (unpaired) electrons. The van der Waals surface area contributed by atoms with E-state index < -0.39 is 0 Å². The molecule has 17 heavy (non-hydrogen) atoms. The van der Waals surface area contributed by atoms with E-state index in [1.54, 1.807) is 13.2 Å². The maximum Gasteiger partial charge on any atom is 0.233 e. The highest BCUT2D eigenvalue weighted by Crippen LogP contribution is 2.16. The quantitative estimate of drug-likeness (QED) is 0.737. The van der Waals surface area contributed by atoms with Gasteiger partial charge in [0.25, 0.3) is 0 Å². The van der Waals surface area contributed by atoms with E-state index in [2.05, 4.69) is 10.3 Å². The van der Waals surface area contributed by atoms with Crippen LogP contribution in [0.2, 0.25) is 0 Å². The first kappa shape index (κ1) is 13.6. The summed E-state index contributed by atoms with van der Waals surface area (Å²) >= 11 is 0. The Morgan fingerprint density at radius 3 is 2.82 bits per heavy atom. The zero-order valence-corrected chi connectivity index (χ0v) is 10.4. The maximum absolute atomic E-state index is 11.4. The molecule has 1 amide bonds. The van der Waals surface area contributed by atoms with Crippen molar-refractivity contribution in [1.29, 1.82) is 0 Å². The maximum atomic E-state index is 11.4. The molecule has 0 fully saturated rings. The second-order valence-corrected chi connectivity index (χ2v) is 3.74. The fourth-order valence-corrected chi connectivity index (χ4v) is 1.74. The predicted octanol–water partition coefficient (Wildman–Crippen LogP) is 0.149. The lowest BCUT2D eigenvalue weighted by atomic mass is 10.1. The number of likely N-dealkylation sites (N-methyl/N-ethyl adjacent to an activating group) is 2. The molecule has 1 aromatic heterocycles. The Morgan fingerprint density at radius 1 is 1.59 bits per heavy atom. The van der Waals surface area contributed by atoms with E-state index in [1.165, 1.54) is 0 Å². The van der Waals surface area contributed by atoms with Crippen molar-refractivity contribution >= 4 is 5.91 Å². The lowest BCUT2D eigenvalue weighted by Crippen LogP contribution is -2.40. The van der Waals surface area contributed by atoms with Crippen LogP contribution >= 0.6 is 0 Å². The summed E-state index contributed by atoms with van der Waals surface area (Å²) < 4.78 is 0. The highest BCUT2D eigenvalue weighted by atomic mass is 16.1. The van der Waals surface area contributed by atoms with Crippen LogP contribution in [0.5, 0.6) is 0 Å². The molecule has 0 aromatic carbocycles. The van der Waals surface area contributed by atoms with Gasteiger partial charge in [0.1, 0.15) is 0 Å². The number of nitrogens with zero attached hydrogens (tertiary/aromatic N) is 2. The van der Waals surface area contributed by atoms with Gasteiger partial charge in [-0.3, -0.25) is 14.7 Å². The number of amides is 1. The topological polar surface area (TPSA) is 71.2 Å². The molecule has 0 aliphatic heterocycles. The van der Waals surface area contributed by atoms with Crippen LogP contribution in [0.15, 0.2) is 24.4 Å². The first-order chi connectivity index (χ1) is 8.22. The summed E-state index contributed by atoms with van der Waals surface area (Å²) in [6, 6.07) is 5.72. The van der Waals surface area contributed by atoms with Gasteiger partial charge in [-0.2, -0.15) is 0 Å². The van der Waals surface area contributed by atoms with Crippen LogP contribution in [0.4, 0.5) is 0 Å². The first-order valence-electron chi connectivity index (χ1n) is 5.78. The minimum absolute atomic E-state index is 0.0127. The fraction of sp³-hybridized carbons (Fsp3) is 0.500. The van der Waals surface area contributed by atoms with E-state index in [4.69, 9.17) is 5.73 Å². The Morgan fingerprint density at radius 2 is 2.35 bits per heavy atom. The summed E-state index contributed by atoms with van der Waals surface area (Å²) in [6.45, 7) is 3.55. The van der Waals surface area contributed by atoms with Crippen molar-refractivity contribution in [3.05, 3.63) is 30.1 Å². The summed E-state index contributed by atoms with van der Waals surface area (Å²) in [5, 5.41) is 2.62. The number of hydrogen-bond acceptors (Lipinski definition) is 4. The van der Waals surface area contributed by atoms with Gasteiger partial charge in [0.15, 0.2) is 0 Å². The van der Waals surface area contributed by atoms with Crippen LogP contribution in [0, 0.1) is 0 Å². The number of nitrogens with one attached hydrogen (secondary N) is 1. The number of pyridine rings is 1. The van der Waals surface area contributed by atoms with Crippen molar-refractivity contribution in [1.82, 2.24) is 15.2 Å². The largest absolute Gasteiger partial charge is 0.358 e. The highest BCUT2D eigenvalue weighted by molar-refractivity contribution is 5.77. The molecule has 1 unspecified atom stereocenters. The lowest BCUT2D eigenvalue weighted by molar-refractivity contribution is -0.122. The van der Waals surface area contributed by atoms with Gasteiger partial charge in [-0.15, -0.1) is 0 Å². The molecule has 1 atom stereocenters. The second kappa shape index (κ2) is 6.98. The van der Waals surface area contributed by atoms with Crippen molar-refractivity contribution in [2.45, 2.75) is 13.0 Å². The van der Waals surface area contributed by atoms with Gasteiger partial charge in [0.05, 0.1) is 18.3 Å².